The van der Waals surface area contributed by atoms with Crippen molar-refractivity contribution in [2.45, 2.75) is 25.5 Å². The van der Waals surface area contributed by atoms with Crippen molar-refractivity contribution in [1.82, 2.24) is 20.0 Å². The van der Waals surface area contributed by atoms with Crippen LogP contribution in [0.5, 0.6) is 0 Å². The van der Waals surface area contributed by atoms with Crippen LogP contribution in [0, 0.1) is 0 Å². The van der Waals surface area contributed by atoms with Gasteiger partial charge in [-0.05, 0) is 47.7 Å². The number of fused-ring (bicyclic) bond motifs is 2. The number of carbonyl (C=O) groups excluding carboxylic acids is 1. The standard InChI is InChI=1S/C25H27N5O2/c31-23(16-29-11-8-18-3-1-2-4-20(18)15-29)17-30-12-9-19-5-6-21(13-24(19)25(30)32)28-22-7-10-26-27-14-22/h1-7,10,13-14,23,31H,8-9,11-12,15-17H2,(H,26,28). The third-order valence-electron chi connectivity index (χ3n) is 6.26. The fraction of sp³-hybridized carbons (Fsp3) is 0.320. The lowest BCUT2D eigenvalue weighted by Gasteiger charge is -2.34. The molecule has 0 bridgehead atoms. The zero-order valence-corrected chi connectivity index (χ0v) is 17.9. The molecule has 0 spiro atoms. The molecule has 3 heterocycles. The van der Waals surface area contributed by atoms with Crippen LogP contribution in [0.2, 0.25) is 0 Å². The molecule has 2 aliphatic heterocycles. The van der Waals surface area contributed by atoms with E-state index in [4.69, 9.17) is 0 Å². The first kappa shape index (κ1) is 20.6. The normalized spacial score (nSPS) is 16.9. The van der Waals surface area contributed by atoms with Gasteiger partial charge in [-0.15, -0.1) is 0 Å². The predicted octanol–water partition coefficient (Wildman–Crippen LogP) is 2.64. The lowest BCUT2D eigenvalue weighted by atomic mass is 9.97. The summed E-state index contributed by atoms with van der Waals surface area (Å²) in [6.07, 6.45) is 4.48. The number of amides is 1. The smallest absolute Gasteiger partial charge is 0.254 e. The fourth-order valence-electron chi connectivity index (χ4n) is 4.62. The van der Waals surface area contributed by atoms with Gasteiger partial charge in [-0.3, -0.25) is 9.69 Å². The second-order valence-electron chi connectivity index (χ2n) is 8.54. The molecular weight excluding hydrogens is 402 g/mol. The van der Waals surface area contributed by atoms with Crippen molar-refractivity contribution in [1.29, 1.82) is 0 Å². The quantitative estimate of drug-likeness (QED) is 0.627. The Kier molecular flexibility index (Phi) is 5.83. The van der Waals surface area contributed by atoms with Crippen LogP contribution < -0.4 is 5.32 Å². The first-order chi connectivity index (χ1) is 15.7. The number of aliphatic hydroxyl groups is 1. The van der Waals surface area contributed by atoms with Crippen molar-refractivity contribution in [3.63, 3.8) is 0 Å². The Balaban J connectivity index is 1.22. The summed E-state index contributed by atoms with van der Waals surface area (Å²) >= 11 is 0. The summed E-state index contributed by atoms with van der Waals surface area (Å²) in [5.74, 6) is -0.0224. The highest BCUT2D eigenvalue weighted by Crippen LogP contribution is 2.25. The van der Waals surface area contributed by atoms with Crippen molar-refractivity contribution < 1.29 is 9.90 Å². The molecule has 5 rings (SSSR count). The SMILES string of the molecule is O=C1c2cc(Nc3ccnnc3)ccc2CCN1CC(O)CN1CCc2ccccc2C1. The highest BCUT2D eigenvalue weighted by atomic mass is 16.3. The molecule has 0 saturated carbocycles. The van der Waals surface area contributed by atoms with Crippen molar-refractivity contribution in [3.05, 3.63) is 83.2 Å². The summed E-state index contributed by atoms with van der Waals surface area (Å²) in [4.78, 5) is 17.2. The van der Waals surface area contributed by atoms with Gasteiger partial charge in [0, 0.05) is 44.0 Å². The maximum atomic E-state index is 13.2. The number of aliphatic hydroxyl groups excluding tert-OH is 1. The van der Waals surface area contributed by atoms with E-state index in [0.29, 0.717) is 25.2 Å². The van der Waals surface area contributed by atoms with E-state index < -0.39 is 6.10 Å². The number of nitrogens with one attached hydrogen (secondary N) is 1. The molecule has 2 aliphatic rings. The molecule has 164 valence electrons. The molecular formula is C25H27N5O2. The molecule has 3 aromatic rings. The second-order valence-corrected chi connectivity index (χ2v) is 8.54. The molecule has 0 fully saturated rings. The number of nitrogens with zero attached hydrogens (tertiary/aromatic N) is 4. The van der Waals surface area contributed by atoms with E-state index in [9.17, 15) is 9.90 Å². The third kappa shape index (κ3) is 4.49. The number of benzene rings is 2. The lowest BCUT2D eigenvalue weighted by Crippen LogP contribution is -2.46. The van der Waals surface area contributed by atoms with E-state index in [2.05, 4.69) is 44.7 Å². The zero-order valence-electron chi connectivity index (χ0n) is 17.9. The zero-order chi connectivity index (χ0) is 21.9. The summed E-state index contributed by atoms with van der Waals surface area (Å²) in [6, 6.07) is 16.2. The van der Waals surface area contributed by atoms with Gasteiger partial charge in [0.05, 0.1) is 24.2 Å². The Morgan fingerprint density at radius 3 is 2.62 bits per heavy atom. The lowest BCUT2D eigenvalue weighted by molar-refractivity contribution is 0.0493. The van der Waals surface area contributed by atoms with E-state index in [1.807, 2.05) is 24.3 Å². The van der Waals surface area contributed by atoms with E-state index >= 15 is 0 Å². The molecule has 0 aliphatic carbocycles. The molecule has 2 N–H and O–H groups in total. The minimum absolute atomic E-state index is 0.0224. The third-order valence-corrected chi connectivity index (χ3v) is 6.26. The summed E-state index contributed by atoms with van der Waals surface area (Å²) in [7, 11) is 0. The van der Waals surface area contributed by atoms with Crippen LogP contribution >= 0.6 is 0 Å². The molecule has 0 saturated heterocycles. The van der Waals surface area contributed by atoms with Crippen LogP contribution in [-0.4, -0.2) is 63.3 Å². The summed E-state index contributed by atoms with van der Waals surface area (Å²) in [6.45, 7) is 3.34. The van der Waals surface area contributed by atoms with Crippen molar-refractivity contribution in [2.24, 2.45) is 0 Å². The number of aromatic nitrogens is 2. The van der Waals surface area contributed by atoms with Crippen LogP contribution in [0.4, 0.5) is 11.4 Å². The number of β-amino-alcohol motifs (C(OH)–C–C–N with tert-alkyl or cyclic N) is 1. The summed E-state index contributed by atoms with van der Waals surface area (Å²) < 4.78 is 0. The Labute approximate surface area is 187 Å². The van der Waals surface area contributed by atoms with Gasteiger partial charge in [0.25, 0.3) is 5.91 Å². The van der Waals surface area contributed by atoms with Gasteiger partial charge in [-0.1, -0.05) is 30.3 Å². The number of anilines is 2. The molecule has 7 nitrogen and oxygen atoms in total. The maximum Gasteiger partial charge on any atom is 0.254 e. The Hall–Kier alpha value is -3.29. The molecule has 7 heteroatoms. The molecule has 1 unspecified atom stereocenters. The molecule has 1 atom stereocenters. The first-order valence-electron chi connectivity index (χ1n) is 11.1. The molecule has 1 amide bonds. The predicted molar refractivity (Wildman–Crippen MR) is 123 cm³/mol. The van der Waals surface area contributed by atoms with Gasteiger partial charge in [-0.25, -0.2) is 0 Å². The van der Waals surface area contributed by atoms with Gasteiger partial charge in [0.2, 0.25) is 0 Å². The van der Waals surface area contributed by atoms with Crippen LogP contribution in [-0.2, 0) is 19.4 Å². The van der Waals surface area contributed by atoms with E-state index in [-0.39, 0.29) is 5.91 Å². The Morgan fingerprint density at radius 2 is 1.78 bits per heavy atom. The van der Waals surface area contributed by atoms with Crippen LogP contribution in [0.3, 0.4) is 0 Å². The van der Waals surface area contributed by atoms with E-state index in [1.165, 1.54) is 11.1 Å². The van der Waals surface area contributed by atoms with Crippen LogP contribution in [0.15, 0.2) is 60.9 Å². The molecule has 2 aromatic carbocycles. The van der Waals surface area contributed by atoms with Crippen molar-refractivity contribution >= 4 is 17.3 Å². The minimum Gasteiger partial charge on any atom is -0.390 e. The van der Waals surface area contributed by atoms with E-state index in [0.717, 1.165) is 42.9 Å². The van der Waals surface area contributed by atoms with Crippen LogP contribution in [0.1, 0.15) is 27.0 Å². The van der Waals surface area contributed by atoms with Gasteiger partial charge in [0.1, 0.15) is 0 Å². The van der Waals surface area contributed by atoms with Gasteiger partial charge < -0.3 is 15.3 Å². The number of carbonyl (C=O) groups is 1. The van der Waals surface area contributed by atoms with Crippen LogP contribution in [0.25, 0.3) is 0 Å². The number of hydrogen-bond donors (Lipinski definition) is 2. The average Bonchev–Trinajstić information content (AvgIpc) is 2.82. The highest BCUT2D eigenvalue weighted by molar-refractivity contribution is 5.97. The summed E-state index contributed by atoms with van der Waals surface area (Å²) in [5.41, 5.74) is 6.12. The van der Waals surface area contributed by atoms with Crippen molar-refractivity contribution in [2.75, 3.05) is 31.5 Å². The average molecular weight is 430 g/mol. The topological polar surface area (TPSA) is 81.6 Å². The first-order valence-corrected chi connectivity index (χ1v) is 11.1. The van der Waals surface area contributed by atoms with E-state index in [1.54, 1.807) is 17.3 Å². The van der Waals surface area contributed by atoms with Gasteiger partial charge in [-0.2, -0.15) is 10.2 Å². The Morgan fingerprint density at radius 1 is 0.938 bits per heavy atom. The maximum absolute atomic E-state index is 13.2. The highest BCUT2D eigenvalue weighted by Gasteiger charge is 2.27. The van der Waals surface area contributed by atoms with Crippen molar-refractivity contribution in [3.8, 4) is 0 Å². The Bertz CT molecular complexity index is 1100. The molecule has 1 aromatic heterocycles. The second kappa shape index (κ2) is 9.06. The number of rotatable bonds is 6. The number of hydrogen-bond acceptors (Lipinski definition) is 6. The summed E-state index contributed by atoms with van der Waals surface area (Å²) in [5, 5.41) is 21.7. The minimum atomic E-state index is -0.574. The fourth-order valence-corrected chi connectivity index (χ4v) is 4.62. The van der Waals surface area contributed by atoms with Gasteiger partial charge >= 0.3 is 0 Å². The van der Waals surface area contributed by atoms with Gasteiger partial charge in [0.15, 0.2) is 0 Å². The molecule has 32 heavy (non-hydrogen) atoms. The monoisotopic (exact) mass is 429 g/mol. The largest absolute Gasteiger partial charge is 0.390 e. The molecule has 0 radical (unpaired) electrons.